The van der Waals surface area contributed by atoms with Crippen LogP contribution in [0.2, 0.25) is 5.02 Å². The third-order valence-electron chi connectivity index (χ3n) is 2.50. The number of benzene rings is 2. The summed E-state index contributed by atoms with van der Waals surface area (Å²) in [6.45, 7) is 0. The zero-order valence-corrected chi connectivity index (χ0v) is 11.6. The van der Waals surface area contributed by atoms with Gasteiger partial charge < -0.3 is 5.32 Å². The average molecular weight is 314 g/mol. The van der Waals surface area contributed by atoms with E-state index in [-0.39, 0.29) is 11.3 Å². The van der Waals surface area contributed by atoms with Crippen molar-refractivity contribution in [2.75, 3.05) is 5.32 Å². The number of nitrogens with one attached hydrogen (secondary N) is 1. The van der Waals surface area contributed by atoms with Gasteiger partial charge in [-0.2, -0.15) is 8.42 Å². The van der Waals surface area contributed by atoms with Crippen LogP contribution in [0.15, 0.2) is 53.4 Å². The molecule has 2 rings (SSSR count). The Labute approximate surface area is 120 Å². The smallest absolute Gasteiger partial charge is 0.321 e. The van der Waals surface area contributed by atoms with Crippen LogP contribution >= 0.6 is 11.6 Å². The number of carbonyl (C=O) groups is 1. The van der Waals surface area contributed by atoms with Crippen LogP contribution in [0.5, 0.6) is 0 Å². The van der Waals surface area contributed by atoms with Gasteiger partial charge in [0.1, 0.15) is 4.90 Å². The van der Waals surface area contributed by atoms with Crippen molar-refractivity contribution in [2.45, 2.75) is 4.90 Å². The predicted octanol–water partition coefficient (Wildman–Crippen LogP) is 3.25. The molecular formula is C13H9ClFNO3S. The summed E-state index contributed by atoms with van der Waals surface area (Å²) in [5.74, 6) is -0.558. The van der Waals surface area contributed by atoms with E-state index in [9.17, 15) is 17.1 Å². The molecule has 0 aliphatic carbocycles. The third kappa shape index (κ3) is 3.34. The Hall–Kier alpha value is -1.92. The Bertz CT molecular complexity index is 744. The summed E-state index contributed by atoms with van der Waals surface area (Å²) < 4.78 is 35.1. The Balaban J connectivity index is 2.31. The molecule has 0 spiro atoms. The van der Waals surface area contributed by atoms with E-state index in [2.05, 4.69) is 5.32 Å². The van der Waals surface area contributed by atoms with E-state index < -0.39 is 21.0 Å². The molecule has 7 heteroatoms. The minimum Gasteiger partial charge on any atom is -0.321 e. The van der Waals surface area contributed by atoms with Crippen molar-refractivity contribution in [3.63, 3.8) is 0 Å². The first-order valence-corrected chi connectivity index (χ1v) is 7.25. The second-order valence-electron chi connectivity index (χ2n) is 3.90. The molecule has 0 fully saturated rings. The highest BCUT2D eigenvalue weighted by atomic mass is 35.5. The molecule has 0 aromatic heterocycles. The van der Waals surface area contributed by atoms with Crippen molar-refractivity contribution in [3.8, 4) is 0 Å². The lowest BCUT2D eigenvalue weighted by molar-refractivity contribution is 0.102. The Morgan fingerprint density at radius 3 is 2.25 bits per heavy atom. The van der Waals surface area contributed by atoms with Crippen molar-refractivity contribution in [1.29, 1.82) is 0 Å². The number of hydrogen-bond acceptors (Lipinski definition) is 3. The molecule has 0 saturated heterocycles. The lowest BCUT2D eigenvalue weighted by atomic mass is 10.2. The van der Waals surface area contributed by atoms with Crippen LogP contribution in [-0.2, 0) is 10.2 Å². The van der Waals surface area contributed by atoms with E-state index in [0.717, 1.165) is 6.07 Å². The molecule has 0 radical (unpaired) electrons. The van der Waals surface area contributed by atoms with Crippen molar-refractivity contribution in [1.82, 2.24) is 0 Å². The van der Waals surface area contributed by atoms with E-state index in [1.54, 1.807) is 0 Å². The molecule has 2 aromatic carbocycles. The molecular weight excluding hydrogens is 305 g/mol. The van der Waals surface area contributed by atoms with Gasteiger partial charge in [0.2, 0.25) is 0 Å². The van der Waals surface area contributed by atoms with Crippen LogP contribution in [0.4, 0.5) is 9.57 Å². The van der Waals surface area contributed by atoms with Gasteiger partial charge >= 0.3 is 10.2 Å². The molecule has 0 unspecified atom stereocenters. The van der Waals surface area contributed by atoms with Gasteiger partial charge in [0.25, 0.3) is 5.91 Å². The second kappa shape index (κ2) is 5.60. The number of amides is 1. The summed E-state index contributed by atoms with van der Waals surface area (Å²) >= 11 is 5.70. The fraction of sp³-hybridized carbons (Fsp3) is 0. The number of anilines is 1. The minimum absolute atomic E-state index is 0.116. The van der Waals surface area contributed by atoms with Gasteiger partial charge in [-0.25, -0.2) is 0 Å². The van der Waals surface area contributed by atoms with E-state index >= 15 is 0 Å². The standard InChI is InChI=1S/C13H9ClFNO3S/c14-10-7-5-9(6-8-10)13(17)16-11-3-1-2-4-12(11)20(15,18)19/h1-8H,(H,16,17). The summed E-state index contributed by atoms with van der Waals surface area (Å²) in [4.78, 5) is 11.4. The van der Waals surface area contributed by atoms with Crippen LogP contribution in [0, 0.1) is 0 Å². The summed E-state index contributed by atoms with van der Waals surface area (Å²) in [6.07, 6.45) is 0. The quantitative estimate of drug-likeness (QED) is 0.885. The highest BCUT2D eigenvalue weighted by molar-refractivity contribution is 7.86. The highest BCUT2D eigenvalue weighted by Crippen LogP contribution is 2.23. The largest absolute Gasteiger partial charge is 0.334 e. The van der Waals surface area contributed by atoms with Gasteiger partial charge in [-0.1, -0.05) is 23.7 Å². The minimum atomic E-state index is -4.90. The zero-order chi connectivity index (χ0) is 14.8. The first kappa shape index (κ1) is 14.5. The summed E-state index contributed by atoms with van der Waals surface area (Å²) in [5.41, 5.74) is 0.162. The first-order chi connectivity index (χ1) is 9.38. The van der Waals surface area contributed by atoms with E-state index in [1.807, 2.05) is 0 Å². The molecule has 1 N–H and O–H groups in total. The molecule has 2 aromatic rings. The molecule has 20 heavy (non-hydrogen) atoms. The maximum Gasteiger partial charge on any atom is 0.334 e. The SMILES string of the molecule is O=C(Nc1ccccc1S(=O)(=O)F)c1ccc(Cl)cc1. The molecule has 0 bridgehead atoms. The number of carbonyl (C=O) groups excluding carboxylic acids is 1. The van der Waals surface area contributed by atoms with E-state index in [1.165, 1.54) is 42.5 Å². The topological polar surface area (TPSA) is 63.2 Å². The molecule has 0 aliphatic rings. The predicted molar refractivity (Wildman–Crippen MR) is 74.1 cm³/mol. The molecule has 0 saturated carbocycles. The van der Waals surface area contributed by atoms with Gasteiger partial charge in [0.05, 0.1) is 5.69 Å². The fourth-order valence-corrected chi connectivity index (χ4v) is 2.33. The van der Waals surface area contributed by atoms with Crippen molar-refractivity contribution in [3.05, 3.63) is 59.1 Å². The zero-order valence-electron chi connectivity index (χ0n) is 10.0. The summed E-state index contributed by atoms with van der Waals surface area (Å²) in [6, 6.07) is 11.2. The lowest BCUT2D eigenvalue weighted by Crippen LogP contribution is -2.13. The number of hydrogen-bond donors (Lipinski definition) is 1. The summed E-state index contributed by atoms with van der Waals surface area (Å²) in [7, 11) is -4.90. The van der Waals surface area contributed by atoms with Gasteiger partial charge in [-0.3, -0.25) is 4.79 Å². The van der Waals surface area contributed by atoms with Gasteiger partial charge in [-0.15, -0.1) is 3.89 Å². The molecule has 1 amide bonds. The Morgan fingerprint density at radius 1 is 1.05 bits per heavy atom. The molecule has 4 nitrogen and oxygen atoms in total. The second-order valence-corrected chi connectivity index (χ2v) is 5.65. The number of para-hydroxylation sites is 1. The Morgan fingerprint density at radius 2 is 1.65 bits per heavy atom. The average Bonchev–Trinajstić information content (AvgIpc) is 2.38. The van der Waals surface area contributed by atoms with Crippen molar-refractivity contribution < 1.29 is 17.1 Å². The first-order valence-electron chi connectivity index (χ1n) is 5.48. The van der Waals surface area contributed by atoms with Gasteiger partial charge in [-0.05, 0) is 36.4 Å². The maximum atomic E-state index is 13.1. The van der Waals surface area contributed by atoms with Gasteiger partial charge in [0, 0.05) is 10.6 Å². The van der Waals surface area contributed by atoms with Crippen molar-refractivity contribution >= 4 is 33.4 Å². The highest BCUT2D eigenvalue weighted by Gasteiger charge is 2.18. The monoisotopic (exact) mass is 313 g/mol. The Kier molecular flexibility index (Phi) is 4.06. The normalized spacial score (nSPS) is 11.1. The van der Waals surface area contributed by atoms with E-state index in [4.69, 9.17) is 11.6 Å². The van der Waals surface area contributed by atoms with Crippen LogP contribution in [0.1, 0.15) is 10.4 Å². The lowest BCUT2D eigenvalue weighted by Gasteiger charge is -2.08. The van der Waals surface area contributed by atoms with E-state index in [0.29, 0.717) is 5.02 Å². The molecule has 104 valence electrons. The van der Waals surface area contributed by atoms with Crippen LogP contribution in [0.25, 0.3) is 0 Å². The molecule has 0 atom stereocenters. The van der Waals surface area contributed by atoms with Crippen LogP contribution < -0.4 is 5.32 Å². The summed E-state index contributed by atoms with van der Waals surface area (Å²) in [5, 5.41) is 2.82. The molecule has 0 heterocycles. The number of rotatable bonds is 3. The third-order valence-corrected chi connectivity index (χ3v) is 3.64. The fourth-order valence-electron chi connectivity index (χ4n) is 1.58. The maximum absolute atomic E-state index is 13.1. The number of halogens is 2. The van der Waals surface area contributed by atoms with Crippen LogP contribution in [-0.4, -0.2) is 14.3 Å². The van der Waals surface area contributed by atoms with Gasteiger partial charge in [0.15, 0.2) is 0 Å². The van der Waals surface area contributed by atoms with Crippen LogP contribution in [0.3, 0.4) is 0 Å². The molecule has 0 aliphatic heterocycles. The van der Waals surface area contributed by atoms with Crippen molar-refractivity contribution in [2.24, 2.45) is 0 Å².